The Balaban J connectivity index is 1.80. The second-order valence-electron chi connectivity index (χ2n) is 5.06. The maximum atomic E-state index is 11.7. The molecule has 0 radical (unpaired) electrons. The van der Waals surface area contributed by atoms with Crippen molar-refractivity contribution in [2.75, 3.05) is 46.8 Å². The van der Waals surface area contributed by atoms with Gasteiger partial charge < -0.3 is 19.9 Å². The van der Waals surface area contributed by atoms with Gasteiger partial charge in [-0.05, 0) is 33.6 Å². The standard InChI is InChI=1S/C11H21N3O2/c1-13(2)6-3-7-14-9-11(16-10(14)15)4-5-12-8-11/h12H,3-9H2,1-2H3. The minimum absolute atomic E-state index is 0.137. The summed E-state index contributed by atoms with van der Waals surface area (Å²) in [6, 6.07) is 0. The average molecular weight is 227 g/mol. The van der Waals surface area contributed by atoms with Gasteiger partial charge in [0.2, 0.25) is 0 Å². The van der Waals surface area contributed by atoms with E-state index in [9.17, 15) is 4.79 Å². The molecule has 1 amide bonds. The van der Waals surface area contributed by atoms with Gasteiger partial charge in [-0.1, -0.05) is 0 Å². The van der Waals surface area contributed by atoms with E-state index in [-0.39, 0.29) is 11.7 Å². The van der Waals surface area contributed by atoms with Crippen LogP contribution in [0.2, 0.25) is 0 Å². The zero-order valence-electron chi connectivity index (χ0n) is 10.2. The molecule has 5 heteroatoms. The van der Waals surface area contributed by atoms with Crippen molar-refractivity contribution in [3.8, 4) is 0 Å². The van der Waals surface area contributed by atoms with E-state index in [0.717, 1.165) is 45.6 Å². The minimum Gasteiger partial charge on any atom is -0.439 e. The topological polar surface area (TPSA) is 44.8 Å². The highest BCUT2D eigenvalue weighted by molar-refractivity contribution is 5.70. The van der Waals surface area contributed by atoms with Crippen molar-refractivity contribution >= 4 is 6.09 Å². The highest BCUT2D eigenvalue weighted by Crippen LogP contribution is 2.28. The number of rotatable bonds is 4. The lowest BCUT2D eigenvalue weighted by Crippen LogP contribution is -2.37. The molecule has 0 aromatic rings. The van der Waals surface area contributed by atoms with Crippen LogP contribution in [-0.2, 0) is 4.74 Å². The SMILES string of the molecule is CN(C)CCCN1CC2(CCNC2)OC1=O. The van der Waals surface area contributed by atoms with Gasteiger partial charge in [0, 0.05) is 19.5 Å². The van der Waals surface area contributed by atoms with Crippen LogP contribution in [0.5, 0.6) is 0 Å². The predicted molar refractivity (Wildman–Crippen MR) is 61.4 cm³/mol. The van der Waals surface area contributed by atoms with Crippen molar-refractivity contribution in [3.05, 3.63) is 0 Å². The van der Waals surface area contributed by atoms with Gasteiger partial charge in [-0.15, -0.1) is 0 Å². The largest absolute Gasteiger partial charge is 0.439 e. The van der Waals surface area contributed by atoms with Crippen LogP contribution in [0.4, 0.5) is 4.79 Å². The van der Waals surface area contributed by atoms with Crippen LogP contribution < -0.4 is 5.32 Å². The van der Waals surface area contributed by atoms with Gasteiger partial charge in [0.15, 0.2) is 0 Å². The van der Waals surface area contributed by atoms with E-state index in [1.54, 1.807) is 0 Å². The lowest BCUT2D eigenvalue weighted by atomic mass is 10.0. The Morgan fingerprint density at radius 3 is 3.00 bits per heavy atom. The van der Waals surface area contributed by atoms with Crippen LogP contribution in [0.15, 0.2) is 0 Å². The molecule has 1 atom stereocenters. The second-order valence-corrected chi connectivity index (χ2v) is 5.06. The third-order valence-corrected chi connectivity index (χ3v) is 3.28. The number of carbonyl (C=O) groups excluding carboxylic acids is 1. The Kier molecular flexibility index (Phi) is 3.35. The van der Waals surface area contributed by atoms with Gasteiger partial charge in [0.1, 0.15) is 5.60 Å². The lowest BCUT2D eigenvalue weighted by Gasteiger charge is -2.19. The van der Waals surface area contributed by atoms with Crippen molar-refractivity contribution in [1.82, 2.24) is 15.1 Å². The molecule has 2 rings (SSSR count). The van der Waals surface area contributed by atoms with E-state index in [1.165, 1.54) is 0 Å². The summed E-state index contributed by atoms with van der Waals surface area (Å²) in [5, 5.41) is 3.26. The van der Waals surface area contributed by atoms with Gasteiger partial charge in [-0.3, -0.25) is 0 Å². The summed E-state index contributed by atoms with van der Waals surface area (Å²) >= 11 is 0. The fourth-order valence-electron chi connectivity index (χ4n) is 2.39. The molecule has 2 heterocycles. The molecular formula is C11H21N3O2. The summed E-state index contributed by atoms with van der Waals surface area (Å²) in [4.78, 5) is 15.7. The van der Waals surface area contributed by atoms with E-state index in [2.05, 4.69) is 10.2 Å². The smallest absolute Gasteiger partial charge is 0.410 e. The quantitative estimate of drug-likeness (QED) is 0.741. The summed E-state index contributed by atoms with van der Waals surface area (Å²) in [5.74, 6) is 0. The van der Waals surface area contributed by atoms with Crippen LogP contribution >= 0.6 is 0 Å². The molecule has 0 aromatic carbocycles. The number of nitrogens with zero attached hydrogens (tertiary/aromatic N) is 2. The maximum Gasteiger partial charge on any atom is 0.410 e. The third-order valence-electron chi connectivity index (χ3n) is 3.28. The fraction of sp³-hybridized carbons (Fsp3) is 0.909. The number of amides is 1. The number of hydrogen-bond acceptors (Lipinski definition) is 4. The van der Waals surface area contributed by atoms with Gasteiger partial charge in [-0.25, -0.2) is 4.79 Å². The number of carbonyl (C=O) groups is 1. The van der Waals surface area contributed by atoms with E-state index < -0.39 is 0 Å². The fourth-order valence-corrected chi connectivity index (χ4v) is 2.39. The Hall–Kier alpha value is -0.810. The summed E-state index contributed by atoms with van der Waals surface area (Å²) in [7, 11) is 4.09. The van der Waals surface area contributed by atoms with Gasteiger partial charge in [0.25, 0.3) is 0 Å². The highest BCUT2D eigenvalue weighted by atomic mass is 16.6. The van der Waals surface area contributed by atoms with Crippen LogP contribution in [0, 0.1) is 0 Å². The molecule has 5 nitrogen and oxygen atoms in total. The molecule has 92 valence electrons. The first-order valence-electron chi connectivity index (χ1n) is 5.95. The molecule has 2 saturated heterocycles. The summed E-state index contributed by atoms with van der Waals surface area (Å²) in [6.45, 7) is 4.34. The Labute approximate surface area is 96.7 Å². The highest BCUT2D eigenvalue weighted by Gasteiger charge is 2.46. The first-order chi connectivity index (χ1) is 7.61. The van der Waals surface area contributed by atoms with E-state index in [1.807, 2.05) is 19.0 Å². The molecule has 0 bridgehead atoms. The Bertz CT molecular complexity index is 262. The normalized spacial score (nSPS) is 29.4. The first-order valence-corrected chi connectivity index (χ1v) is 5.95. The van der Waals surface area contributed by atoms with Crippen LogP contribution in [-0.4, -0.2) is 68.3 Å². The molecule has 2 fully saturated rings. The van der Waals surface area contributed by atoms with E-state index >= 15 is 0 Å². The molecule has 0 aromatic heterocycles. The van der Waals surface area contributed by atoms with Gasteiger partial charge in [0.05, 0.1) is 6.54 Å². The molecule has 1 unspecified atom stereocenters. The van der Waals surface area contributed by atoms with Crippen molar-refractivity contribution in [3.63, 3.8) is 0 Å². The summed E-state index contributed by atoms with van der Waals surface area (Å²) in [6.07, 6.45) is 1.82. The predicted octanol–water partition coefficient (Wildman–Crippen LogP) is 0.122. The molecule has 0 aliphatic carbocycles. The van der Waals surface area contributed by atoms with Gasteiger partial charge >= 0.3 is 6.09 Å². The number of ether oxygens (including phenoxy) is 1. The van der Waals surface area contributed by atoms with Crippen molar-refractivity contribution < 1.29 is 9.53 Å². The summed E-state index contributed by atoms with van der Waals surface area (Å²) in [5.41, 5.74) is -0.227. The van der Waals surface area contributed by atoms with Crippen LogP contribution in [0.1, 0.15) is 12.8 Å². The van der Waals surface area contributed by atoms with E-state index in [4.69, 9.17) is 4.74 Å². The minimum atomic E-state index is -0.227. The van der Waals surface area contributed by atoms with Crippen molar-refractivity contribution in [2.24, 2.45) is 0 Å². The second kappa shape index (κ2) is 4.59. The summed E-state index contributed by atoms with van der Waals surface area (Å²) < 4.78 is 5.49. The Morgan fingerprint density at radius 2 is 2.38 bits per heavy atom. The number of nitrogens with one attached hydrogen (secondary N) is 1. The zero-order valence-corrected chi connectivity index (χ0v) is 10.2. The van der Waals surface area contributed by atoms with Crippen molar-refractivity contribution in [2.45, 2.75) is 18.4 Å². The number of hydrogen-bond donors (Lipinski definition) is 1. The maximum absolute atomic E-state index is 11.7. The van der Waals surface area contributed by atoms with Crippen molar-refractivity contribution in [1.29, 1.82) is 0 Å². The van der Waals surface area contributed by atoms with Crippen LogP contribution in [0.25, 0.3) is 0 Å². The average Bonchev–Trinajstić information content (AvgIpc) is 2.75. The molecule has 2 aliphatic heterocycles. The zero-order chi connectivity index (χ0) is 11.6. The lowest BCUT2D eigenvalue weighted by molar-refractivity contribution is 0.0727. The monoisotopic (exact) mass is 227 g/mol. The molecule has 1 spiro atoms. The first kappa shape index (κ1) is 11.7. The van der Waals surface area contributed by atoms with Gasteiger partial charge in [-0.2, -0.15) is 0 Å². The molecule has 16 heavy (non-hydrogen) atoms. The third kappa shape index (κ3) is 2.47. The van der Waals surface area contributed by atoms with Crippen LogP contribution in [0.3, 0.4) is 0 Å². The molecule has 0 saturated carbocycles. The molecular weight excluding hydrogens is 206 g/mol. The molecule has 1 N–H and O–H groups in total. The van der Waals surface area contributed by atoms with E-state index in [0.29, 0.717) is 0 Å². The molecule has 2 aliphatic rings. The Morgan fingerprint density at radius 1 is 1.56 bits per heavy atom.